The molecule has 3 rings (SSSR count). The van der Waals surface area contributed by atoms with E-state index in [2.05, 4.69) is 10.2 Å². The Labute approximate surface area is 232 Å². The first-order valence-corrected chi connectivity index (χ1v) is 12.5. The smallest absolute Gasteiger partial charge is 0.308 e. The molecule has 3 aromatic rings. The molecule has 0 fully saturated rings. The largest absolute Gasteiger partial charge is 0.458 e. The molecule has 0 aliphatic heterocycles. The Hall–Kier alpha value is -5.16. The lowest BCUT2D eigenvalue weighted by Gasteiger charge is -2.25. The predicted molar refractivity (Wildman–Crippen MR) is 146 cm³/mol. The fraction of sp³-hybridized carbons (Fsp3) is 0.192. The minimum atomic E-state index is -0.811. The number of rotatable bonds is 13. The van der Waals surface area contributed by atoms with Gasteiger partial charge in [0.25, 0.3) is 5.69 Å². The first kappa shape index (κ1) is 29.4. The summed E-state index contributed by atoms with van der Waals surface area (Å²) in [6, 6.07) is 18.1. The molecule has 0 radical (unpaired) electrons. The number of benzene rings is 3. The number of esters is 1. The molecule has 0 saturated carbocycles. The van der Waals surface area contributed by atoms with Crippen LogP contribution in [0.1, 0.15) is 18.9 Å². The van der Waals surface area contributed by atoms with E-state index in [1.165, 1.54) is 6.92 Å². The van der Waals surface area contributed by atoms with E-state index in [0.717, 1.165) is 23.4 Å². The number of Topliss-reactive ketones (excluding diaryl/α,β-unsaturated/α-hetero) is 1. The number of ketones is 1. The molecule has 0 heterocycles. The molecule has 0 unspecified atom stereocenters. The van der Waals surface area contributed by atoms with Gasteiger partial charge in [-0.15, -0.1) is 5.11 Å². The molecule has 3 aromatic carbocycles. The molecule has 0 amide bonds. The number of nitrogens with zero attached hydrogens (tertiary/aromatic N) is 6. The van der Waals surface area contributed by atoms with Gasteiger partial charge >= 0.3 is 11.7 Å². The Morgan fingerprint density at radius 3 is 2.27 bits per heavy atom. The van der Waals surface area contributed by atoms with Crippen LogP contribution in [-0.2, 0) is 20.9 Å². The third-order valence-corrected chi connectivity index (χ3v) is 5.97. The van der Waals surface area contributed by atoms with Gasteiger partial charge in [-0.1, -0.05) is 30.3 Å². The molecule has 40 heavy (non-hydrogen) atoms. The minimum absolute atomic E-state index is 0.0500. The fourth-order valence-corrected chi connectivity index (χ4v) is 3.98. The summed E-state index contributed by atoms with van der Waals surface area (Å²) in [6.45, 7) is 1.84. The Balaban J connectivity index is 1.84. The number of ether oxygens (including phenoxy) is 1. The lowest BCUT2D eigenvalue weighted by atomic mass is 10.2. The second-order valence-corrected chi connectivity index (χ2v) is 9.08. The van der Waals surface area contributed by atoms with E-state index < -0.39 is 27.2 Å². The van der Waals surface area contributed by atoms with Gasteiger partial charge in [-0.2, -0.15) is 10.4 Å². The molecule has 0 spiro atoms. The van der Waals surface area contributed by atoms with E-state index in [9.17, 15) is 29.8 Å². The topological polar surface area (TPSA) is 181 Å². The van der Waals surface area contributed by atoms with Gasteiger partial charge in [0.2, 0.25) is 0 Å². The van der Waals surface area contributed by atoms with Crippen LogP contribution < -0.4 is 4.90 Å². The standard InChI is InChI=1S/C26H22N6O7S/c1-18(33)16-39-26(34)11-12-30(15-19-5-3-2-4-6-19)21-9-7-20(8-10-21)28-29-22-13-25(40-17-27)24(32(37)38)14-23(22)31(35)36/h2-10,13-14H,11-12,15-16H2,1H3/b29-28+. The van der Waals surface area contributed by atoms with E-state index in [0.29, 0.717) is 30.5 Å². The number of nitro benzene ring substituents is 2. The Kier molecular flexibility index (Phi) is 10.4. The van der Waals surface area contributed by atoms with Crippen molar-refractivity contribution in [2.45, 2.75) is 24.8 Å². The van der Waals surface area contributed by atoms with Crippen molar-refractivity contribution in [3.63, 3.8) is 0 Å². The SMILES string of the molecule is CC(=O)COC(=O)CCN(Cc1ccccc1)c1ccc(/N=N/c2cc(SC#N)c([N+](=O)[O-])cc2[N+](=O)[O-])cc1. The number of hydrogen-bond acceptors (Lipinski definition) is 12. The van der Waals surface area contributed by atoms with Gasteiger partial charge in [-0.05, 0) is 54.6 Å². The zero-order chi connectivity index (χ0) is 29.1. The van der Waals surface area contributed by atoms with Crippen LogP contribution in [0.2, 0.25) is 0 Å². The predicted octanol–water partition coefficient (Wildman–Crippen LogP) is 6.02. The second-order valence-electron chi connectivity index (χ2n) is 8.25. The van der Waals surface area contributed by atoms with Crippen molar-refractivity contribution in [2.24, 2.45) is 10.2 Å². The summed E-state index contributed by atoms with van der Waals surface area (Å²) in [5.74, 6) is -0.754. The van der Waals surface area contributed by atoms with Crippen molar-refractivity contribution in [3.8, 4) is 5.40 Å². The van der Waals surface area contributed by atoms with Crippen molar-refractivity contribution in [1.82, 2.24) is 0 Å². The van der Waals surface area contributed by atoms with Crippen molar-refractivity contribution >= 4 is 52.0 Å². The third kappa shape index (κ3) is 8.43. The van der Waals surface area contributed by atoms with Gasteiger partial charge in [0.05, 0.1) is 28.0 Å². The van der Waals surface area contributed by atoms with E-state index in [-0.39, 0.29) is 29.4 Å². The quantitative estimate of drug-likeness (QED) is 0.0596. The van der Waals surface area contributed by atoms with Crippen molar-refractivity contribution in [2.75, 3.05) is 18.1 Å². The van der Waals surface area contributed by atoms with E-state index >= 15 is 0 Å². The van der Waals surface area contributed by atoms with Crippen LogP contribution in [0.3, 0.4) is 0 Å². The van der Waals surface area contributed by atoms with Crippen molar-refractivity contribution in [3.05, 3.63) is 92.5 Å². The van der Waals surface area contributed by atoms with E-state index in [1.54, 1.807) is 29.7 Å². The number of azo groups is 1. The summed E-state index contributed by atoms with van der Waals surface area (Å²) in [5.41, 5.74) is 0.639. The van der Waals surface area contributed by atoms with Crippen LogP contribution >= 0.6 is 11.8 Å². The number of carbonyl (C=O) groups excluding carboxylic acids is 2. The van der Waals surface area contributed by atoms with Gasteiger partial charge in [-0.3, -0.25) is 29.8 Å². The van der Waals surface area contributed by atoms with E-state index in [4.69, 9.17) is 10.00 Å². The molecule has 204 valence electrons. The average Bonchev–Trinajstić information content (AvgIpc) is 2.93. The molecular formula is C26H22N6O7S. The van der Waals surface area contributed by atoms with E-state index in [1.807, 2.05) is 35.2 Å². The molecule has 0 atom stereocenters. The number of nitro groups is 2. The number of thiocyanates is 1. The maximum absolute atomic E-state index is 12.1. The van der Waals surface area contributed by atoms with Crippen LogP contribution in [0.15, 0.2) is 81.9 Å². The van der Waals surface area contributed by atoms with Gasteiger partial charge in [0.1, 0.15) is 16.9 Å². The first-order chi connectivity index (χ1) is 19.2. The highest BCUT2D eigenvalue weighted by molar-refractivity contribution is 8.03. The molecule has 0 aliphatic rings. The number of nitriles is 1. The van der Waals surface area contributed by atoms with Crippen LogP contribution in [0, 0.1) is 30.9 Å². The summed E-state index contributed by atoms with van der Waals surface area (Å²) in [7, 11) is 0. The summed E-state index contributed by atoms with van der Waals surface area (Å²) in [4.78, 5) is 46.1. The number of carbonyl (C=O) groups is 2. The summed E-state index contributed by atoms with van der Waals surface area (Å²) < 4.78 is 4.96. The van der Waals surface area contributed by atoms with Crippen LogP contribution in [0.25, 0.3) is 0 Å². The van der Waals surface area contributed by atoms with Gasteiger partial charge in [-0.25, -0.2) is 0 Å². The molecule has 14 heteroatoms. The summed E-state index contributed by atoms with van der Waals surface area (Å²) >= 11 is 0.488. The first-order valence-electron chi connectivity index (χ1n) is 11.7. The highest BCUT2D eigenvalue weighted by Crippen LogP contribution is 2.39. The van der Waals surface area contributed by atoms with Crippen LogP contribution in [0.4, 0.5) is 28.4 Å². The zero-order valence-electron chi connectivity index (χ0n) is 21.1. The van der Waals surface area contributed by atoms with Gasteiger partial charge in [0.15, 0.2) is 11.5 Å². The molecule has 0 aromatic heterocycles. The number of hydrogen-bond donors (Lipinski definition) is 0. The lowest BCUT2D eigenvalue weighted by Crippen LogP contribution is -2.26. The molecular weight excluding hydrogens is 540 g/mol. The minimum Gasteiger partial charge on any atom is -0.458 e. The van der Waals surface area contributed by atoms with Crippen LogP contribution in [0.5, 0.6) is 0 Å². The Bertz CT molecular complexity index is 1470. The molecule has 0 aliphatic carbocycles. The summed E-state index contributed by atoms with van der Waals surface area (Å²) in [5, 5.41) is 41.4. The normalized spacial score (nSPS) is 10.6. The highest BCUT2D eigenvalue weighted by Gasteiger charge is 2.25. The van der Waals surface area contributed by atoms with Crippen molar-refractivity contribution in [1.29, 1.82) is 5.26 Å². The van der Waals surface area contributed by atoms with Gasteiger partial charge in [0, 0.05) is 18.8 Å². The van der Waals surface area contributed by atoms with Crippen LogP contribution in [-0.4, -0.2) is 34.8 Å². The zero-order valence-corrected chi connectivity index (χ0v) is 21.9. The lowest BCUT2D eigenvalue weighted by molar-refractivity contribution is -0.395. The maximum Gasteiger partial charge on any atom is 0.308 e. The Morgan fingerprint density at radius 1 is 1.00 bits per heavy atom. The monoisotopic (exact) mass is 562 g/mol. The number of anilines is 1. The molecule has 0 N–H and O–H groups in total. The third-order valence-electron chi connectivity index (χ3n) is 5.33. The summed E-state index contributed by atoms with van der Waals surface area (Å²) in [6.07, 6.45) is 0.0500. The maximum atomic E-state index is 12.1. The fourth-order valence-electron chi connectivity index (χ4n) is 3.47. The number of thioether (sulfide) groups is 1. The highest BCUT2D eigenvalue weighted by atomic mass is 32.2. The molecule has 0 bridgehead atoms. The molecule has 0 saturated heterocycles. The van der Waals surface area contributed by atoms with Crippen molar-refractivity contribution < 1.29 is 24.2 Å². The average molecular weight is 563 g/mol. The molecule has 13 nitrogen and oxygen atoms in total. The van der Waals surface area contributed by atoms with Gasteiger partial charge < -0.3 is 9.64 Å². The Morgan fingerprint density at radius 2 is 1.68 bits per heavy atom. The second kappa shape index (κ2) is 14.1.